The second-order valence-electron chi connectivity index (χ2n) is 5.43. The fourth-order valence-electron chi connectivity index (χ4n) is 3.17. The number of piperidine rings is 3. The fraction of sp³-hybridized carbons (Fsp3) is 0.714. The number of hydrogen-bond acceptors (Lipinski definition) is 4. The molecule has 3 saturated heterocycles. The van der Waals surface area contributed by atoms with Crippen molar-refractivity contribution in [3.63, 3.8) is 0 Å². The number of nitrogens with one attached hydrogen (secondary N) is 1. The van der Waals surface area contributed by atoms with Gasteiger partial charge in [-0.3, -0.25) is 0 Å². The van der Waals surface area contributed by atoms with E-state index in [0.29, 0.717) is 6.04 Å². The van der Waals surface area contributed by atoms with E-state index in [1.807, 2.05) is 0 Å². The van der Waals surface area contributed by atoms with Gasteiger partial charge in [-0.1, -0.05) is 0 Å². The minimum atomic E-state index is 0.668. The highest BCUT2D eigenvalue weighted by Gasteiger charge is 2.33. The van der Waals surface area contributed by atoms with E-state index in [2.05, 4.69) is 28.6 Å². The Kier molecular flexibility index (Phi) is 3.97. The SMILES string of the molecule is CSCc1ccc(CNC2CN3CCC2CC3)o1. The Bertz CT molecular complexity index is 385. The molecule has 1 N–H and O–H groups in total. The van der Waals surface area contributed by atoms with Crippen LogP contribution < -0.4 is 5.32 Å². The molecule has 100 valence electrons. The molecule has 4 rings (SSSR count). The Balaban J connectivity index is 1.51. The highest BCUT2D eigenvalue weighted by molar-refractivity contribution is 7.97. The van der Waals surface area contributed by atoms with Gasteiger partial charge in [0.25, 0.3) is 0 Å². The fourth-order valence-corrected chi connectivity index (χ4v) is 3.60. The largest absolute Gasteiger partial charge is 0.464 e. The third-order valence-corrected chi connectivity index (χ3v) is 4.77. The van der Waals surface area contributed by atoms with Crippen LogP contribution >= 0.6 is 11.8 Å². The molecule has 1 unspecified atom stereocenters. The van der Waals surface area contributed by atoms with Crippen molar-refractivity contribution in [1.82, 2.24) is 10.2 Å². The molecule has 3 aliphatic rings. The van der Waals surface area contributed by atoms with Gasteiger partial charge in [0.15, 0.2) is 0 Å². The van der Waals surface area contributed by atoms with Crippen LogP contribution in [0.1, 0.15) is 24.4 Å². The average Bonchev–Trinajstić information content (AvgIpc) is 2.86. The molecule has 0 amide bonds. The molecule has 3 nitrogen and oxygen atoms in total. The number of hydrogen-bond donors (Lipinski definition) is 1. The van der Waals surface area contributed by atoms with Gasteiger partial charge in [-0.25, -0.2) is 0 Å². The molecule has 1 aromatic heterocycles. The van der Waals surface area contributed by atoms with Gasteiger partial charge in [0.1, 0.15) is 11.5 Å². The minimum Gasteiger partial charge on any atom is -0.464 e. The first-order valence-corrected chi connectivity index (χ1v) is 8.27. The van der Waals surface area contributed by atoms with Gasteiger partial charge in [-0.2, -0.15) is 11.8 Å². The molecule has 1 atom stereocenters. The van der Waals surface area contributed by atoms with Crippen molar-refractivity contribution in [3.8, 4) is 0 Å². The van der Waals surface area contributed by atoms with Gasteiger partial charge >= 0.3 is 0 Å². The maximum absolute atomic E-state index is 5.80. The monoisotopic (exact) mass is 266 g/mol. The van der Waals surface area contributed by atoms with Crippen molar-refractivity contribution < 1.29 is 4.42 Å². The predicted molar refractivity (Wildman–Crippen MR) is 75.7 cm³/mol. The van der Waals surface area contributed by atoms with E-state index in [9.17, 15) is 0 Å². The summed E-state index contributed by atoms with van der Waals surface area (Å²) >= 11 is 1.80. The Morgan fingerprint density at radius 3 is 2.78 bits per heavy atom. The van der Waals surface area contributed by atoms with E-state index < -0.39 is 0 Å². The van der Waals surface area contributed by atoms with Crippen molar-refractivity contribution in [2.24, 2.45) is 5.92 Å². The number of fused-ring (bicyclic) bond motifs is 3. The Morgan fingerprint density at radius 1 is 1.33 bits per heavy atom. The first kappa shape index (κ1) is 12.6. The smallest absolute Gasteiger partial charge is 0.118 e. The first-order chi connectivity index (χ1) is 8.85. The highest BCUT2D eigenvalue weighted by Crippen LogP contribution is 2.27. The van der Waals surface area contributed by atoms with Gasteiger partial charge in [0.2, 0.25) is 0 Å². The van der Waals surface area contributed by atoms with Crippen LogP contribution in [0.25, 0.3) is 0 Å². The van der Waals surface area contributed by atoms with Crippen molar-refractivity contribution in [3.05, 3.63) is 23.7 Å². The van der Waals surface area contributed by atoms with Crippen LogP contribution in [0, 0.1) is 5.92 Å². The summed E-state index contributed by atoms with van der Waals surface area (Å²) in [6, 6.07) is 4.88. The van der Waals surface area contributed by atoms with Gasteiger partial charge in [0, 0.05) is 12.6 Å². The van der Waals surface area contributed by atoms with Crippen molar-refractivity contribution >= 4 is 11.8 Å². The first-order valence-electron chi connectivity index (χ1n) is 6.87. The van der Waals surface area contributed by atoms with Gasteiger partial charge < -0.3 is 14.6 Å². The second kappa shape index (κ2) is 5.68. The third-order valence-electron chi connectivity index (χ3n) is 4.20. The molecule has 2 bridgehead atoms. The van der Waals surface area contributed by atoms with Crippen molar-refractivity contribution in [2.45, 2.75) is 31.2 Å². The molecular formula is C14H22N2OS. The van der Waals surface area contributed by atoms with Crippen LogP contribution in [0.15, 0.2) is 16.5 Å². The van der Waals surface area contributed by atoms with Crippen LogP contribution in [-0.4, -0.2) is 36.8 Å². The maximum Gasteiger partial charge on any atom is 0.118 e. The third kappa shape index (κ3) is 2.76. The lowest BCUT2D eigenvalue weighted by Gasteiger charge is -2.45. The minimum absolute atomic E-state index is 0.668. The van der Waals surface area contributed by atoms with Crippen LogP contribution in [-0.2, 0) is 12.3 Å². The maximum atomic E-state index is 5.80. The summed E-state index contributed by atoms with van der Waals surface area (Å²) in [6.45, 7) is 4.72. The van der Waals surface area contributed by atoms with Crippen LogP contribution in [0.3, 0.4) is 0 Å². The van der Waals surface area contributed by atoms with E-state index in [-0.39, 0.29) is 0 Å². The van der Waals surface area contributed by atoms with Crippen LogP contribution in [0.2, 0.25) is 0 Å². The second-order valence-corrected chi connectivity index (χ2v) is 6.29. The molecular weight excluding hydrogens is 244 g/mol. The quantitative estimate of drug-likeness (QED) is 0.885. The van der Waals surface area contributed by atoms with Gasteiger partial charge in [0.05, 0.1) is 12.3 Å². The zero-order chi connectivity index (χ0) is 12.4. The zero-order valence-electron chi connectivity index (χ0n) is 11.0. The van der Waals surface area contributed by atoms with E-state index in [1.165, 1.54) is 32.5 Å². The Morgan fingerprint density at radius 2 is 2.11 bits per heavy atom. The normalized spacial score (nSPS) is 30.8. The lowest BCUT2D eigenvalue weighted by atomic mass is 9.84. The molecule has 0 aromatic carbocycles. The topological polar surface area (TPSA) is 28.4 Å². The Labute approximate surface area is 113 Å². The van der Waals surface area contributed by atoms with E-state index in [4.69, 9.17) is 4.42 Å². The molecule has 0 saturated carbocycles. The summed E-state index contributed by atoms with van der Waals surface area (Å²) in [5, 5.41) is 3.68. The highest BCUT2D eigenvalue weighted by atomic mass is 32.2. The number of thioether (sulfide) groups is 1. The van der Waals surface area contributed by atoms with Crippen LogP contribution in [0.5, 0.6) is 0 Å². The molecule has 4 heteroatoms. The van der Waals surface area contributed by atoms with Crippen LogP contribution in [0.4, 0.5) is 0 Å². The van der Waals surface area contributed by atoms with E-state index >= 15 is 0 Å². The standard InChI is InChI=1S/C14H22N2OS/c1-18-10-13-3-2-12(17-13)8-15-14-9-16-6-4-11(14)5-7-16/h2-3,11,14-15H,4-10H2,1H3. The molecule has 18 heavy (non-hydrogen) atoms. The molecule has 0 aliphatic carbocycles. The van der Waals surface area contributed by atoms with Crippen molar-refractivity contribution in [2.75, 3.05) is 25.9 Å². The summed E-state index contributed by atoms with van der Waals surface area (Å²) in [6.07, 6.45) is 4.84. The lowest BCUT2D eigenvalue weighted by molar-refractivity contribution is 0.0711. The zero-order valence-corrected chi connectivity index (χ0v) is 11.8. The van der Waals surface area contributed by atoms with Gasteiger partial charge in [-0.05, 0) is 50.2 Å². The number of nitrogens with zero attached hydrogens (tertiary/aromatic N) is 1. The average molecular weight is 266 g/mol. The number of furan rings is 1. The summed E-state index contributed by atoms with van der Waals surface area (Å²) in [7, 11) is 0. The molecule has 0 radical (unpaired) electrons. The molecule has 0 spiro atoms. The Hall–Kier alpha value is -0.450. The molecule has 1 aromatic rings. The predicted octanol–water partition coefficient (Wildman–Crippen LogP) is 2.33. The summed E-state index contributed by atoms with van der Waals surface area (Å²) in [5.41, 5.74) is 0. The van der Waals surface area contributed by atoms with E-state index in [1.54, 1.807) is 11.8 Å². The van der Waals surface area contributed by atoms with Crippen molar-refractivity contribution in [1.29, 1.82) is 0 Å². The summed E-state index contributed by atoms with van der Waals surface area (Å²) in [4.78, 5) is 2.58. The number of rotatable bonds is 5. The van der Waals surface area contributed by atoms with Gasteiger partial charge in [-0.15, -0.1) is 0 Å². The molecule has 4 heterocycles. The molecule has 3 aliphatic heterocycles. The summed E-state index contributed by atoms with van der Waals surface area (Å²) in [5.74, 6) is 4.03. The van der Waals surface area contributed by atoms with E-state index in [0.717, 1.165) is 29.7 Å². The molecule has 3 fully saturated rings. The summed E-state index contributed by atoms with van der Waals surface area (Å²) < 4.78 is 5.80. The lowest BCUT2D eigenvalue weighted by Crippen LogP contribution is -2.55.